The molecule has 1 aromatic rings. The summed E-state index contributed by atoms with van der Waals surface area (Å²) in [4.78, 5) is 0. The van der Waals surface area contributed by atoms with Gasteiger partial charge >= 0.3 is 0 Å². The lowest BCUT2D eigenvalue weighted by molar-refractivity contribution is 0.346. The topological polar surface area (TPSA) is 42.2 Å². The van der Waals surface area contributed by atoms with Gasteiger partial charge in [-0.1, -0.05) is 0 Å². The van der Waals surface area contributed by atoms with Crippen molar-refractivity contribution in [1.29, 1.82) is 5.26 Å². The van der Waals surface area contributed by atoms with Crippen molar-refractivity contribution < 1.29 is 13.9 Å². The molecule has 0 radical (unpaired) electrons. The van der Waals surface area contributed by atoms with Gasteiger partial charge in [0.25, 0.3) is 0 Å². The second-order valence-electron chi connectivity index (χ2n) is 3.07. The maximum atomic E-state index is 13.8. The summed E-state index contributed by atoms with van der Waals surface area (Å²) in [6, 6.07) is 3.66. The quantitative estimate of drug-likeness (QED) is 0.766. The Labute approximate surface area is 88.0 Å². The first-order valence-corrected chi connectivity index (χ1v) is 4.42. The Kier molecular flexibility index (Phi) is 3.51. The van der Waals surface area contributed by atoms with Gasteiger partial charge in [-0.25, -0.2) is 0 Å². The van der Waals surface area contributed by atoms with Crippen LogP contribution in [0.25, 0.3) is 0 Å². The van der Waals surface area contributed by atoms with Crippen molar-refractivity contribution in [1.82, 2.24) is 0 Å². The lowest BCUT2D eigenvalue weighted by Gasteiger charge is -2.12. The Morgan fingerprint density at radius 2 is 1.93 bits per heavy atom. The van der Waals surface area contributed by atoms with Crippen molar-refractivity contribution in [3.05, 3.63) is 23.0 Å². The highest BCUT2D eigenvalue weighted by atomic mass is 19.1. The molecule has 0 atom stereocenters. The number of ether oxygens (including phenoxy) is 2. The lowest BCUT2D eigenvalue weighted by Crippen LogP contribution is -2.00. The molecule has 0 bridgehead atoms. The van der Waals surface area contributed by atoms with E-state index in [0.29, 0.717) is 11.1 Å². The highest BCUT2D eigenvalue weighted by Crippen LogP contribution is 2.33. The third-order valence-electron chi connectivity index (χ3n) is 2.12. The van der Waals surface area contributed by atoms with Crippen LogP contribution in [0.2, 0.25) is 0 Å². The molecule has 0 heterocycles. The average Bonchev–Trinajstić information content (AvgIpc) is 2.19. The monoisotopic (exact) mass is 209 g/mol. The van der Waals surface area contributed by atoms with Crippen molar-refractivity contribution >= 4 is 0 Å². The van der Waals surface area contributed by atoms with Gasteiger partial charge in [0.1, 0.15) is 0 Å². The largest absolute Gasteiger partial charge is 0.493 e. The fourth-order valence-electron chi connectivity index (χ4n) is 1.50. The normalized spacial score (nSPS) is 9.53. The molecule has 0 aliphatic heterocycles. The molecule has 3 nitrogen and oxygen atoms in total. The Hall–Kier alpha value is -1.76. The number of halogens is 1. The molecule has 0 saturated carbocycles. The van der Waals surface area contributed by atoms with Crippen molar-refractivity contribution in [2.75, 3.05) is 14.2 Å². The minimum atomic E-state index is -0.551. The Bertz CT molecular complexity index is 410. The molecule has 15 heavy (non-hydrogen) atoms. The molecule has 80 valence electrons. The van der Waals surface area contributed by atoms with E-state index in [1.54, 1.807) is 13.0 Å². The molecule has 0 aromatic heterocycles. The van der Waals surface area contributed by atoms with E-state index in [1.165, 1.54) is 14.2 Å². The highest BCUT2D eigenvalue weighted by molar-refractivity contribution is 5.48. The van der Waals surface area contributed by atoms with Gasteiger partial charge in [0.05, 0.1) is 26.7 Å². The molecule has 0 spiro atoms. The molecule has 0 fully saturated rings. The van der Waals surface area contributed by atoms with Gasteiger partial charge in [-0.2, -0.15) is 9.65 Å². The summed E-state index contributed by atoms with van der Waals surface area (Å²) in [5.41, 5.74) is 1.19. The summed E-state index contributed by atoms with van der Waals surface area (Å²) in [6.07, 6.45) is 0.116. The minimum Gasteiger partial charge on any atom is -0.493 e. The number of hydrogen-bond acceptors (Lipinski definition) is 3. The van der Waals surface area contributed by atoms with Crippen molar-refractivity contribution in [3.63, 3.8) is 0 Å². The number of rotatable bonds is 3. The summed E-state index contributed by atoms with van der Waals surface area (Å²) >= 11 is 0. The van der Waals surface area contributed by atoms with E-state index in [1.807, 2.05) is 6.07 Å². The molecule has 0 unspecified atom stereocenters. The summed E-state index contributed by atoms with van der Waals surface area (Å²) in [6.45, 7) is 1.72. The molecular weight excluding hydrogens is 197 g/mol. The minimum absolute atomic E-state index is 0.0824. The maximum Gasteiger partial charge on any atom is 0.207 e. The summed E-state index contributed by atoms with van der Waals surface area (Å²) in [5, 5.41) is 8.59. The van der Waals surface area contributed by atoms with Gasteiger partial charge < -0.3 is 9.47 Å². The number of nitriles is 1. The zero-order valence-electron chi connectivity index (χ0n) is 8.93. The van der Waals surface area contributed by atoms with Crippen LogP contribution in [0, 0.1) is 24.1 Å². The van der Waals surface area contributed by atoms with E-state index in [9.17, 15) is 4.39 Å². The predicted octanol–water partition coefficient (Wildman–Crippen LogP) is 2.22. The first-order valence-electron chi connectivity index (χ1n) is 4.42. The van der Waals surface area contributed by atoms with E-state index in [2.05, 4.69) is 0 Å². The highest BCUT2D eigenvalue weighted by Gasteiger charge is 2.17. The molecular formula is C11H12FNO2. The third kappa shape index (κ3) is 2.01. The van der Waals surface area contributed by atoms with Crippen LogP contribution in [-0.4, -0.2) is 14.2 Å². The SMILES string of the molecule is COc1c(C)cc(CC#N)c(OC)c1F. The van der Waals surface area contributed by atoms with Crippen LogP contribution < -0.4 is 9.47 Å². The fourth-order valence-corrected chi connectivity index (χ4v) is 1.50. The zero-order valence-corrected chi connectivity index (χ0v) is 8.93. The van der Waals surface area contributed by atoms with Crippen molar-refractivity contribution in [3.8, 4) is 17.6 Å². The van der Waals surface area contributed by atoms with E-state index >= 15 is 0 Å². The molecule has 1 aromatic carbocycles. The summed E-state index contributed by atoms with van der Waals surface area (Å²) in [5.74, 6) is -0.308. The molecule has 1 rings (SSSR count). The van der Waals surface area contributed by atoms with E-state index in [4.69, 9.17) is 14.7 Å². The lowest BCUT2D eigenvalue weighted by atomic mass is 10.1. The van der Waals surface area contributed by atoms with Crippen molar-refractivity contribution in [2.45, 2.75) is 13.3 Å². The first kappa shape index (κ1) is 11.3. The van der Waals surface area contributed by atoms with Gasteiger partial charge in [-0.15, -0.1) is 0 Å². The van der Waals surface area contributed by atoms with Crippen LogP contribution in [0.1, 0.15) is 11.1 Å². The number of aryl methyl sites for hydroxylation is 1. The van der Waals surface area contributed by atoms with Gasteiger partial charge in [0.15, 0.2) is 11.5 Å². The van der Waals surface area contributed by atoms with E-state index < -0.39 is 5.82 Å². The third-order valence-corrected chi connectivity index (χ3v) is 2.12. The Morgan fingerprint density at radius 3 is 2.40 bits per heavy atom. The van der Waals surface area contributed by atoms with Crippen LogP contribution in [0.5, 0.6) is 11.5 Å². The zero-order chi connectivity index (χ0) is 11.4. The summed E-state index contributed by atoms with van der Waals surface area (Å²) < 4.78 is 23.6. The number of methoxy groups -OCH3 is 2. The second-order valence-corrected chi connectivity index (χ2v) is 3.07. The van der Waals surface area contributed by atoms with Crippen LogP contribution in [0.15, 0.2) is 6.07 Å². The van der Waals surface area contributed by atoms with Crippen LogP contribution in [0.3, 0.4) is 0 Å². The van der Waals surface area contributed by atoms with Crippen molar-refractivity contribution in [2.24, 2.45) is 0 Å². The molecule has 0 aliphatic carbocycles. The standard InChI is InChI=1S/C11H12FNO2/c1-7-6-8(4-5-13)11(15-3)9(12)10(7)14-2/h6H,4H2,1-3H3. The first-order chi connectivity index (χ1) is 7.15. The molecule has 0 saturated heterocycles. The molecule has 0 N–H and O–H groups in total. The second kappa shape index (κ2) is 4.65. The Morgan fingerprint density at radius 1 is 1.33 bits per heavy atom. The molecule has 4 heteroatoms. The smallest absolute Gasteiger partial charge is 0.207 e. The predicted molar refractivity (Wildman–Crippen MR) is 53.6 cm³/mol. The van der Waals surface area contributed by atoms with Crippen LogP contribution in [-0.2, 0) is 6.42 Å². The van der Waals surface area contributed by atoms with Crippen LogP contribution >= 0.6 is 0 Å². The van der Waals surface area contributed by atoms with Gasteiger partial charge in [0, 0.05) is 5.56 Å². The summed E-state index contributed by atoms with van der Waals surface area (Å²) in [7, 11) is 2.77. The number of hydrogen-bond donors (Lipinski definition) is 0. The van der Waals surface area contributed by atoms with E-state index in [-0.39, 0.29) is 17.9 Å². The number of nitrogens with zero attached hydrogens (tertiary/aromatic N) is 1. The van der Waals surface area contributed by atoms with E-state index in [0.717, 1.165) is 0 Å². The number of benzene rings is 1. The van der Waals surface area contributed by atoms with Gasteiger partial charge in [0.2, 0.25) is 5.82 Å². The molecule has 0 aliphatic rings. The maximum absolute atomic E-state index is 13.8. The fraction of sp³-hybridized carbons (Fsp3) is 0.364. The van der Waals surface area contributed by atoms with Gasteiger partial charge in [-0.3, -0.25) is 0 Å². The van der Waals surface area contributed by atoms with Crippen LogP contribution in [0.4, 0.5) is 4.39 Å². The van der Waals surface area contributed by atoms with Gasteiger partial charge in [-0.05, 0) is 18.6 Å². The molecule has 0 amide bonds. The average molecular weight is 209 g/mol. The Balaban J connectivity index is 3.38.